The number of hydrogen-bond donors (Lipinski definition) is 2. The van der Waals surface area contributed by atoms with E-state index in [1.165, 1.54) is 18.4 Å². The molecule has 1 atom stereocenters. The van der Waals surface area contributed by atoms with Crippen LogP contribution in [0.1, 0.15) is 50.5 Å². The number of nitrogens with zero attached hydrogens (tertiary/aromatic N) is 1. The number of aryl methyl sites for hydroxylation is 1. The summed E-state index contributed by atoms with van der Waals surface area (Å²) >= 11 is 0. The number of carbonyl (C=O) groups is 2. The smallest absolute Gasteiger partial charge is 0.305 e. The number of benzene rings is 1. The molecule has 5 heteroatoms. The van der Waals surface area contributed by atoms with E-state index >= 15 is 0 Å². The first-order valence-corrected chi connectivity index (χ1v) is 9.17. The van der Waals surface area contributed by atoms with Crippen LogP contribution in [0.15, 0.2) is 30.3 Å². The van der Waals surface area contributed by atoms with Crippen LogP contribution < -0.4 is 5.32 Å². The van der Waals surface area contributed by atoms with Crippen LogP contribution in [-0.4, -0.2) is 48.6 Å². The van der Waals surface area contributed by atoms with E-state index in [9.17, 15) is 9.59 Å². The largest absolute Gasteiger partial charge is 0.481 e. The number of nitrogens with one attached hydrogen (secondary N) is 1. The molecule has 1 aromatic rings. The lowest BCUT2D eigenvalue weighted by Crippen LogP contribution is -2.42. The maximum atomic E-state index is 12.0. The van der Waals surface area contributed by atoms with E-state index in [1.807, 2.05) is 25.1 Å². The number of amides is 1. The highest BCUT2D eigenvalue weighted by Crippen LogP contribution is 2.10. The van der Waals surface area contributed by atoms with E-state index in [2.05, 4.69) is 29.6 Å². The van der Waals surface area contributed by atoms with Gasteiger partial charge >= 0.3 is 5.97 Å². The molecule has 1 unspecified atom stereocenters. The molecule has 2 N–H and O–H groups in total. The van der Waals surface area contributed by atoms with Crippen molar-refractivity contribution in [1.29, 1.82) is 0 Å². The van der Waals surface area contributed by atoms with Gasteiger partial charge in [-0.25, -0.2) is 0 Å². The predicted octanol–water partition coefficient (Wildman–Crippen LogP) is 3.09. The van der Waals surface area contributed by atoms with E-state index < -0.39 is 5.97 Å². The van der Waals surface area contributed by atoms with Crippen molar-refractivity contribution < 1.29 is 14.7 Å². The second-order valence-electron chi connectivity index (χ2n) is 6.88. The van der Waals surface area contributed by atoms with Gasteiger partial charge in [0.1, 0.15) is 0 Å². The lowest BCUT2D eigenvalue weighted by Gasteiger charge is -2.20. The number of carboxylic acid groups (broad SMARTS) is 1. The van der Waals surface area contributed by atoms with Gasteiger partial charge in [0.25, 0.3) is 0 Å². The molecule has 140 valence electrons. The monoisotopic (exact) mass is 348 g/mol. The highest BCUT2D eigenvalue weighted by Gasteiger charge is 2.16. The molecule has 1 rings (SSSR count). The fourth-order valence-electron chi connectivity index (χ4n) is 2.90. The summed E-state index contributed by atoms with van der Waals surface area (Å²) in [4.78, 5) is 24.7. The molecule has 0 aromatic heterocycles. The van der Waals surface area contributed by atoms with E-state index in [0.29, 0.717) is 13.0 Å². The number of unbranched alkanes of at least 4 members (excludes halogenated alkanes) is 4. The van der Waals surface area contributed by atoms with Crippen molar-refractivity contribution in [1.82, 2.24) is 10.2 Å². The number of carbonyl (C=O) groups excluding carboxylic acids is 1. The van der Waals surface area contributed by atoms with E-state index in [1.54, 1.807) is 0 Å². The standard InChI is InChI=1S/C20H32N2O3/c1-22(2)16-18(15-20(24)25)21-19(23)14-10-5-3-4-7-11-17-12-8-6-9-13-17/h6,8-9,12-13,18H,3-5,7,10-11,14-16H2,1-2H3,(H,21,23)(H,24,25). The minimum atomic E-state index is -0.884. The Morgan fingerprint density at radius 1 is 1.04 bits per heavy atom. The maximum absolute atomic E-state index is 12.0. The molecule has 0 saturated carbocycles. The van der Waals surface area contributed by atoms with Gasteiger partial charge in [0, 0.05) is 13.0 Å². The molecule has 0 fully saturated rings. The molecular weight excluding hydrogens is 316 g/mol. The fourth-order valence-corrected chi connectivity index (χ4v) is 2.90. The Morgan fingerprint density at radius 3 is 2.32 bits per heavy atom. The van der Waals surface area contributed by atoms with Crippen LogP contribution >= 0.6 is 0 Å². The van der Waals surface area contributed by atoms with Crippen LogP contribution in [0.2, 0.25) is 0 Å². The van der Waals surface area contributed by atoms with Gasteiger partial charge in [0.05, 0.1) is 12.5 Å². The topological polar surface area (TPSA) is 69.6 Å². The predicted molar refractivity (Wildman–Crippen MR) is 101 cm³/mol. The summed E-state index contributed by atoms with van der Waals surface area (Å²) in [6, 6.07) is 10.2. The minimum absolute atomic E-state index is 0.0383. The molecule has 0 bridgehead atoms. The summed E-state index contributed by atoms with van der Waals surface area (Å²) in [6.07, 6.45) is 6.95. The van der Waals surface area contributed by atoms with Crippen LogP contribution in [0.4, 0.5) is 0 Å². The Hall–Kier alpha value is -1.88. The molecular formula is C20H32N2O3. The van der Waals surface area contributed by atoms with Gasteiger partial charge in [0.15, 0.2) is 0 Å². The number of likely N-dealkylation sites (N-methyl/N-ethyl adjacent to an activating group) is 1. The van der Waals surface area contributed by atoms with Crippen LogP contribution in [0, 0.1) is 0 Å². The Kier molecular flexibility index (Phi) is 10.6. The van der Waals surface area contributed by atoms with E-state index in [0.717, 1.165) is 25.7 Å². The first-order valence-electron chi connectivity index (χ1n) is 9.17. The zero-order valence-electron chi connectivity index (χ0n) is 15.5. The molecule has 0 aliphatic heterocycles. The Morgan fingerprint density at radius 2 is 1.68 bits per heavy atom. The van der Waals surface area contributed by atoms with Gasteiger partial charge in [-0.15, -0.1) is 0 Å². The third-order valence-electron chi connectivity index (χ3n) is 4.08. The molecule has 0 radical (unpaired) electrons. The van der Waals surface area contributed by atoms with Crippen molar-refractivity contribution in [2.75, 3.05) is 20.6 Å². The molecule has 0 aliphatic rings. The summed E-state index contributed by atoms with van der Waals surface area (Å²) in [5, 5.41) is 11.8. The highest BCUT2D eigenvalue weighted by molar-refractivity contribution is 5.77. The SMILES string of the molecule is CN(C)CC(CC(=O)O)NC(=O)CCCCCCCc1ccccc1. The molecule has 0 saturated heterocycles. The highest BCUT2D eigenvalue weighted by atomic mass is 16.4. The van der Waals surface area contributed by atoms with Crippen molar-refractivity contribution in [3.05, 3.63) is 35.9 Å². The summed E-state index contributed by atoms with van der Waals surface area (Å²) in [7, 11) is 3.74. The number of hydrogen-bond acceptors (Lipinski definition) is 3. The second-order valence-corrected chi connectivity index (χ2v) is 6.88. The van der Waals surface area contributed by atoms with Gasteiger partial charge in [-0.1, -0.05) is 49.6 Å². The van der Waals surface area contributed by atoms with Crippen LogP contribution in [0.5, 0.6) is 0 Å². The minimum Gasteiger partial charge on any atom is -0.481 e. The average Bonchev–Trinajstić information content (AvgIpc) is 2.53. The molecule has 0 spiro atoms. The Balaban J connectivity index is 2.09. The van der Waals surface area contributed by atoms with Crippen molar-refractivity contribution in [3.63, 3.8) is 0 Å². The third kappa shape index (κ3) is 11.3. The molecule has 5 nitrogen and oxygen atoms in total. The quantitative estimate of drug-likeness (QED) is 0.538. The first-order chi connectivity index (χ1) is 12.0. The average molecular weight is 348 g/mol. The summed E-state index contributed by atoms with van der Waals surface area (Å²) in [5.41, 5.74) is 1.38. The number of aliphatic carboxylic acids is 1. The van der Waals surface area contributed by atoms with Gasteiger partial charge in [-0.3, -0.25) is 9.59 Å². The van der Waals surface area contributed by atoms with Gasteiger partial charge < -0.3 is 15.3 Å². The van der Waals surface area contributed by atoms with Crippen molar-refractivity contribution in [2.45, 2.75) is 57.4 Å². The number of rotatable bonds is 13. The lowest BCUT2D eigenvalue weighted by molar-refractivity contribution is -0.137. The summed E-state index contributed by atoms with van der Waals surface area (Å²) in [6.45, 7) is 0.539. The van der Waals surface area contributed by atoms with Crippen molar-refractivity contribution >= 4 is 11.9 Å². The van der Waals surface area contributed by atoms with E-state index in [4.69, 9.17) is 5.11 Å². The van der Waals surface area contributed by atoms with Crippen molar-refractivity contribution in [2.24, 2.45) is 0 Å². The third-order valence-corrected chi connectivity index (χ3v) is 4.08. The molecule has 1 aromatic carbocycles. The van der Waals surface area contributed by atoms with Crippen LogP contribution in [0.25, 0.3) is 0 Å². The molecule has 1 amide bonds. The van der Waals surface area contributed by atoms with Gasteiger partial charge in [-0.05, 0) is 38.9 Å². The summed E-state index contributed by atoms with van der Waals surface area (Å²) in [5.74, 6) is -0.928. The Bertz CT molecular complexity index is 503. The second kappa shape index (κ2) is 12.5. The lowest BCUT2D eigenvalue weighted by atomic mass is 10.0. The normalized spacial score (nSPS) is 12.1. The Labute approximate surface area is 151 Å². The molecule has 0 heterocycles. The fraction of sp³-hybridized carbons (Fsp3) is 0.600. The summed E-state index contributed by atoms with van der Waals surface area (Å²) < 4.78 is 0. The zero-order valence-corrected chi connectivity index (χ0v) is 15.5. The zero-order chi connectivity index (χ0) is 18.5. The van der Waals surface area contributed by atoms with Gasteiger partial charge in [-0.2, -0.15) is 0 Å². The van der Waals surface area contributed by atoms with Crippen LogP contribution in [-0.2, 0) is 16.0 Å². The molecule has 25 heavy (non-hydrogen) atoms. The molecule has 0 aliphatic carbocycles. The maximum Gasteiger partial charge on any atom is 0.305 e. The first kappa shape index (κ1) is 21.2. The van der Waals surface area contributed by atoms with E-state index in [-0.39, 0.29) is 18.4 Å². The van der Waals surface area contributed by atoms with Crippen LogP contribution in [0.3, 0.4) is 0 Å². The van der Waals surface area contributed by atoms with Gasteiger partial charge in [0.2, 0.25) is 5.91 Å². The van der Waals surface area contributed by atoms with Crippen molar-refractivity contribution in [3.8, 4) is 0 Å². The number of carboxylic acids is 1.